The first kappa shape index (κ1) is 11.3. The molecule has 0 aliphatic rings. The molecule has 7 nitrogen and oxygen atoms in total. The van der Waals surface area contributed by atoms with E-state index in [1.54, 1.807) is 18.2 Å². The minimum atomic E-state index is -4.02. The highest BCUT2D eigenvalue weighted by atomic mass is 32.2. The quantitative estimate of drug-likeness (QED) is 0.790. The van der Waals surface area contributed by atoms with Crippen molar-refractivity contribution in [1.82, 2.24) is 14.8 Å². The summed E-state index contributed by atoms with van der Waals surface area (Å²) in [6.45, 7) is 0. The zero-order valence-electron chi connectivity index (χ0n) is 8.48. The van der Waals surface area contributed by atoms with E-state index >= 15 is 0 Å². The SMILES string of the molecule is N#Cc1cnn(-c2ccncc2)c1S(N)(=O)=O. The number of nitrogens with zero attached hydrogens (tertiary/aromatic N) is 4. The summed E-state index contributed by atoms with van der Waals surface area (Å²) in [7, 11) is -4.02. The number of nitrogens with two attached hydrogens (primary N) is 1. The lowest BCUT2D eigenvalue weighted by Crippen LogP contribution is -2.18. The van der Waals surface area contributed by atoms with Crippen LogP contribution in [0.5, 0.6) is 0 Å². The first-order valence-corrected chi connectivity index (χ1v) is 6.00. The molecule has 0 radical (unpaired) electrons. The fraction of sp³-hybridized carbons (Fsp3) is 0. The van der Waals surface area contributed by atoms with Crippen molar-refractivity contribution in [3.05, 3.63) is 36.3 Å². The standard InChI is InChI=1S/C9H7N5O2S/c10-5-7-6-13-14(9(7)17(11,15)16)8-1-3-12-4-2-8/h1-4,6H,(H2,11,15,16). The largest absolute Gasteiger partial charge is 0.265 e. The Hall–Kier alpha value is -2.24. The molecule has 0 saturated carbocycles. The Labute approximate surface area is 97.2 Å². The molecule has 0 aliphatic heterocycles. The van der Waals surface area contributed by atoms with Crippen LogP contribution in [-0.4, -0.2) is 23.2 Å². The maximum atomic E-state index is 11.4. The van der Waals surface area contributed by atoms with E-state index in [-0.39, 0.29) is 10.6 Å². The van der Waals surface area contributed by atoms with Gasteiger partial charge >= 0.3 is 0 Å². The average molecular weight is 249 g/mol. The predicted molar refractivity (Wildman–Crippen MR) is 57.4 cm³/mol. The molecule has 2 heterocycles. The number of rotatable bonds is 2. The van der Waals surface area contributed by atoms with E-state index in [0.717, 1.165) is 10.9 Å². The van der Waals surface area contributed by atoms with Gasteiger partial charge in [-0.2, -0.15) is 10.4 Å². The van der Waals surface area contributed by atoms with Crippen LogP contribution in [0.2, 0.25) is 0 Å². The third-order valence-corrected chi connectivity index (χ3v) is 2.95. The minimum absolute atomic E-state index is 0.0932. The van der Waals surface area contributed by atoms with Gasteiger partial charge in [-0.1, -0.05) is 0 Å². The molecule has 0 fully saturated rings. The van der Waals surface area contributed by atoms with E-state index in [4.69, 9.17) is 10.4 Å². The van der Waals surface area contributed by atoms with E-state index in [0.29, 0.717) is 5.69 Å². The summed E-state index contributed by atoms with van der Waals surface area (Å²) in [5, 5.41) is 17.4. The molecule has 0 atom stereocenters. The normalized spacial score (nSPS) is 11.1. The molecular formula is C9H7N5O2S. The molecule has 2 rings (SSSR count). The Bertz CT molecular complexity index is 684. The lowest BCUT2D eigenvalue weighted by atomic mass is 10.4. The Morgan fingerprint density at radius 2 is 2.00 bits per heavy atom. The summed E-state index contributed by atoms with van der Waals surface area (Å²) < 4.78 is 23.9. The molecule has 0 bridgehead atoms. The molecule has 2 N–H and O–H groups in total. The van der Waals surface area contributed by atoms with Gasteiger partial charge in [-0.15, -0.1) is 0 Å². The van der Waals surface area contributed by atoms with E-state index in [2.05, 4.69) is 10.1 Å². The number of hydrogen-bond donors (Lipinski definition) is 1. The van der Waals surface area contributed by atoms with E-state index in [1.165, 1.54) is 12.4 Å². The molecule has 86 valence electrons. The Balaban J connectivity index is 2.74. The van der Waals surface area contributed by atoms with Crippen LogP contribution in [0.25, 0.3) is 5.69 Å². The molecule has 0 saturated heterocycles. The summed E-state index contributed by atoms with van der Waals surface area (Å²) in [6, 6.07) is 4.85. The summed E-state index contributed by atoms with van der Waals surface area (Å²) >= 11 is 0. The van der Waals surface area contributed by atoms with Crippen molar-refractivity contribution in [1.29, 1.82) is 5.26 Å². The first-order valence-electron chi connectivity index (χ1n) is 4.45. The summed E-state index contributed by atoms with van der Waals surface area (Å²) in [6.07, 6.45) is 4.12. The third kappa shape index (κ3) is 2.01. The van der Waals surface area contributed by atoms with Gasteiger partial charge in [0.1, 0.15) is 11.6 Å². The van der Waals surface area contributed by atoms with Gasteiger partial charge in [0, 0.05) is 12.4 Å². The highest BCUT2D eigenvalue weighted by Gasteiger charge is 2.22. The van der Waals surface area contributed by atoms with E-state index < -0.39 is 10.0 Å². The fourth-order valence-electron chi connectivity index (χ4n) is 1.36. The monoisotopic (exact) mass is 249 g/mol. The van der Waals surface area contributed by atoms with Crippen LogP contribution >= 0.6 is 0 Å². The van der Waals surface area contributed by atoms with Crippen molar-refractivity contribution in [2.45, 2.75) is 5.03 Å². The van der Waals surface area contributed by atoms with E-state index in [1.807, 2.05) is 0 Å². The van der Waals surface area contributed by atoms with Crippen molar-refractivity contribution in [3.8, 4) is 11.8 Å². The van der Waals surface area contributed by atoms with Gasteiger partial charge in [0.15, 0.2) is 5.03 Å². The van der Waals surface area contributed by atoms with Gasteiger partial charge in [0.05, 0.1) is 11.9 Å². The average Bonchev–Trinajstić information content (AvgIpc) is 2.73. The van der Waals surface area contributed by atoms with Gasteiger partial charge in [0.25, 0.3) is 10.0 Å². The molecule has 2 aromatic rings. The van der Waals surface area contributed by atoms with Crippen LogP contribution in [0.1, 0.15) is 5.56 Å². The number of nitriles is 1. The number of pyridine rings is 1. The maximum absolute atomic E-state index is 11.4. The lowest BCUT2D eigenvalue weighted by Gasteiger charge is -2.04. The molecule has 2 aromatic heterocycles. The Kier molecular flexibility index (Phi) is 2.63. The lowest BCUT2D eigenvalue weighted by molar-refractivity contribution is 0.587. The van der Waals surface area contributed by atoms with Crippen LogP contribution in [0.4, 0.5) is 0 Å². The molecule has 0 unspecified atom stereocenters. The molecular weight excluding hydrogens is 242 g/mol. The highest BCUT2D eigenvalue weighted by Crippen LogP contribution is 2.17. The smallest absolute Gasteiger partial charge is 0.257 e. The third-order valence-electron chi connectivity index (χ3n) is 2.02. The molecule has 0 spiro atoms. The second-order valence-electron chi connectivity index (χ2n) is 3.14. The second-order valence-corrected chi connectivity index (χ2v) is 4.61. The number of aromatic nitrogens is 3. The van der Waals surface area contributed by atoms with Crippen LogP contribution in [-0.2, 0) is 10.0 Å². The number of hydrogen-bond acceptors (Lipinski definition) is 5. The van der Waals surface area contributed by atoms with Crippen molar-refractivity contribution in [2.24, 2.45) is 5.14 Å². The Morgan fingerprint density at radius 1 is 1.35 bits per heavy atom. The summed E-state index contributed by atoms with van der Waals surface area (Å²) in [4.78, 5) is 3.80. The van der Waals surface area contributed by atoms with Gasteiger partial charge < -0.3 is 0 Å². The van der Waals surface area contributed by atoms with Gasteiger partial charge in [-0.3, -0.25) is 4.98 Å². The van der Waals surface area contributed by atoms with Crippen LogP contribution in [0.15, 0.2) is 35.7 Å². The van der Waals surface area contributed by atoms with Crippen LogP contribution in [0.3, 0.4) is 0 Å². The fourth-order valence-corrected chi connectivity index (χ4v) is 2.16. The molecule has 0 aromatic carbocycles. The van der Waals surface area contributed by atoms with Crippen molar-refractivity contribution in [3.63, 3.8) is 0 Å². The summed E-state index contributed by atoms with van der Waals surface area (Å²) in [5.41, 5.74) is 0.370. The zero-order valence-corrected chi connectivity index (χ0v) is 9.29. The number of sulfonamides is 1. The highest BCUT2D eigenvalue weighted by molar-refractivity contribution is 7.89. The first-order chi connectivity index (χ1) is 8.04. The molecule has 17 heavy (non-hydrogen) atoms. The van der Waals surface area contributed by atoms with E-state index in [9.17, 15) is 8.42 Å². The molecule has 0 aliphatic carbocycles. The maximum Gasteiger partial charge on any atom is 0.257 e. The van der Waals surface area contributed by atoms with Crippen LogP contribution in [0, 0.1) is 11.3 Å². The summed E-state index contributed by atoms with van der Waals surface area (Å²) in [5.74, 6) is 0. The van der Waals surface area contributed by atoms with Crippen LogP contribution < -0.4 is 5.14 Å². The predicted octanol–water partition coefficient (Wildman–Crippen LogP) is -0.214. The van der Waals surface area contributed by atoms with Gasteiger partial charge in [-0.25, -0.2) is 18.2 Å². The van der Waals surface area contributed by atoms with Crippen molar-refractivity contribution >= 4 is 10.0 Å². The minimum Gasteiger partial charge on any atom is -0.265 e. The van der Waals surface area contributed by atoms with Crippen molar-refractivity contribution in [2.75, 3.05) is 0 Å². The Morgan fingerprint density at radius 3 is 2.53 bits per heavy atom. The second kappa shape index (κ2) is 3.97. The van der Waals surface area contributed by atoms with Crippen molar-refractivity contribution < 1.29 is 8.42 Å². The molecule has 0 amide bonds. The zero-order chi connectivity index (χ0) is 12.5. The number of primary sulfonamides is 1. The van der Waals surface area contributed by atoms with Gasteiger partial charge in [0.2, 0.25) is 0 Å². The van der Waals surface area contributed by atoms with Gasteiger partial charge in [-0.05, 0) is 12.1 Å². The topological polar surface area (TPSA) is 115 Å². The molecule has 8 heteroatoms.